The van der Waals surface area contributed by atoms with Crippen molar-refractivity contribution >= 4 is 5.97 Å². The molecule has 1 saturated heterocycles. The van der Waals surface area contributed by atoms with Crippen LogP contribution in [0.15, 0.2) is 0 Å². The molecule has 2 unspecified atom stereocenters. The van der Waals surface area contributed by atoms with E-state index in [1.807, 2.05) is 6.92 Å². The first-order valence-corrected chi connectivity index (χ1v) is 6.63. The molecule has 4 nitrogen and oxygen atoms in total. The third-order valence-electron chi connectivity index (χ3n) is 3.55. The number of methoxy groups -OCH3 is 1. The van der Waals surface area contributed by atoms with Gasteiger partial charge in [0.05, 0.1) is 7.11 Å². The molecule has 0 aromatic rings. The summed E-state index contributed by atoms with van der Waals surface area (Å²) in [4.78, 5) is 13.8. The summed E-state index contributed by atoms with van der Waals surface area (Å²) in [6.45, 7) is 8.20. The molecule has 0 spiro atoms. The maximum absolute atomic E-state index is 11.6. The van der Waals surface area contributed by atoms with Crippen LogP contribution >= 0.6 is 0 Å². The number of ether oxygens (including phenoxy) is 1. The van der Waals surface area contributed by atoms with Crippen molar-refractivity contribution in [3.63, 3.8) is 0 Å². The Morgan fingerprint density at radius 3 is 2.59 bits per heavy atom. The van der Waals surface area contributed by atoms with Crippen LogP contribution in [0.5, 0.6) is 0 Å². The highest BCUT2D eigenvalue weighted by Gasteiger charge is 2.27. The molecule has 1 rings (SSSR count). The van der Waals surface area contributed by atoms with E-state index in [2.05, 4.69) is 24.1 Å². The molecule has 0 bridgehead atoms. The molecule has 0 saturated carbocycles. The van der Waals surface area contributed by atoms with Gasteiger partial charge < -0.3 is 10.1 Å². The quantitative estimate of drug-likeness (QED) is 0.740. The molecule has 1 aliphatic rings. The molecule has 0 aromatic heterocycles. The van der Waals surface area contributed by atoms with Gasteiger partial charge in [-0.15, -0.1) is 0 Å². The Morgan fingerprint density at radius 1 is 1.41 bits per heavy atom. The molecule has 0 aliphatic carbocycles. The second kappa shape index (κ2) is 6.97. The highest BCUT2D eigenvalue weighted by Crippen LogP contribution is 2.13. The topological polar surface area (TPSA) is 41.6 Å². The molecule has 1 fully saturated rings. The summed E-state index contributed by atoms with van der Waals surface area (Å²) in [5, 5.41) is 3.52. The smallest absolute Gasteiger partial charge is 0.322 e. The van der Waals surface area contributed by atoms with Crippen molar-refractivity contribution in [1.82, 2.24) is 10.2 Å². The van der Waals surface area contributed by atoms with Gasteiger partial charge in [0, 0.05) is 18.6 Å². The van der Waals surface area contributed by atoms with E-state index in [-0.39, 0.29) is 12.0 Å². The van der Waals surface area contributed by atoms with Crippen LogP contribution in [0.25, 0.3) is 0 Å². The summed E-state index contributed by atoms with van der Waals surface area (Å²) < 4.78 is 4.83. The highest BCUT2D eigenvalue weighted by molar-refractivity contribution is 5.75. The number of hydrogen-bond acceptors (Lipinski definition) is 4. The lowest BCUT2D eigenvalue weighted by Gasteiger charge is -2.35. The highest BCUT2D eigenvalue weighted by atomic mass is 16.5. The summed E-state index contributed by atoms with van der Waals surface area (Å²) in [7, 11) is 1.45. The van der Waals surface area contributed by atoms with Gasteiger partial charge in [-0.05, 0) is 40.2 Å². The lowest BCUT2D eigenvalue weighted by molar-refractivity contribution is -0.147. The maximum atomic E-state index is 11.6. The zero-order valence-corrected chi connectivity index (χ0v) is 11.5. The molecule has 0 amide bonds. The first kappa shape index (κ1) is 14.5. The second-order valence-electron chi connectivity index (χ2n) is 5.14. The largest absolute Gasteiger partial charge is 0.468 e. The summed E-state index contributed by atoms with van der Waals surface area (Å²) in [5.74, 6) is -0.144. The predicted molar refractivity (Wildman–Crippen MR) is 69.0 cm³/mol. The van der Waals surface area contributed by atoms with Gasteiger partial charge >= 0.3 is 5.97 Å². The zero-order chi connectivity index (χ0) is 12.8. The Hall–Kier alpha value is -0.610. The van der Waals surface area contributed by atoms with E-state index in [0.29, 0.717) is 12.1 Å². The maximum Gasteiger partial charge on any atom is 0.322 e. The number of rotatable bonds is 5. The van der Waals surface area contributed by atoms with Crippen LogP contribution in [0, 0.1) is 0 Å². The van der Waals surface area contributed by atoms with Crippen LogP contribution in [0.1, 0.15) is 40.0 Å². The van der Waals surface area contributed by atoms with E-state index in [1.165, 1.54) is 26.4 Å². The van der Waals surface area contributed by atoms with Crippen LogP contribution < -0.4 is 5.32 Å². The fraction of sp³-hybridized carbons (Fsp3) is 0.923. The summed E-state index contributed by atoms with van der Waals surface area (Å²) in [6, 6.07) is 0.704. The van der Waals surface area contributed by atoms with Crippen LogP contribution in [0.2, 0.25) is 0 Å². The average Bonchev–Trinajstić information content (AvgIpc) is 2.35. The molecule has 100 valence electrons. The van der Waals surface area contributed by atoms with Gasteiger partial charge in [-0.2, -0.15) is 0 Å². The monoisotopic (exact) mass is 242 g/mol. The van der Waals surface area contributed by atoms with Gasteiger partial charge in [0.1, 0.15) is 6.04 Å². The van der Waals surface area contributed by atoms with E-state index < -0.39 is 0 Å². The molecular weight excluding hydrogens is 216 g/mol. The van der Waals surface area contributed by atoms with Gasteiger partial charge in [-0.25, -0.2) is 0 Å². The fourth-order valence-corrected chi connectivity index (χ4v) is 2.46. The van der Waals surface area contributed by atoms with Gasteiger partial charge in [0.15, 0.2) is 0 Å². The standard InChI is InChI=1S/C13H26N2O2/c1-10(2)15(11(3)13(16)17-4)9-12-7-5-6-8-14-12/h10-12,14H,5-9H2,1-4H3. The van der Waals surface area contributed by atoms with Gasteiger partial charge in [-0.1, -0.05) is 6.42 Å². The van der Waals surface area contributed by atoms with E-state index in [1.54, 1.807) is 0 Å². The lowest BCUT2D eigenvalue weighted by atomic mass is 10.0. The van der Waals surface area contributed by atoms with Crippen molar-refractivity contribution in [2.24, 2.45) is 0 Å². The van der Waals surface area contributed by atoms with Crippen LogP contribution in [0.3, 0.4) is 0 Å². The van der Waals surface area contributed by atoms with Crippen molar-refractivity contribution in [2.75, 3.05) is 20.2 Å². The molecule has 0 aromatic carbocycles. The number of carbonyl (C=O) groups is 1. The Balaban J connectivity index is 2.55. The average molecular weight is 242 g/mol. The summed E-state index contributed by atoms with van der Waals surface area (Å²) in [5.41, 5.74) is 0. The third-order valence-corrected chi connectivity index (χ3v) is 3.55. The second-order valence-corrected chi connectivity index (χ2v) is 5.14. The van der Waals surface area contributed by atoms with E-state index in [9.17, 15) is 4.79 Å². The van der Waals surface area contributed by atoms with Crippen molar-refractivity contribution in [3.05, 3.63) is 0 Å². The normalized spacial score (nSPS) is 22.8. The Bertz CT molecular complexity index is 238. The van der Waals surface area contributed by atoms with Crippen LogP contribution in [-0.4, -0.2) is 49.2 Å². The number of carbonyl (C=O) groups excluding carboxylic acids is 1. The molecule has 4 heteroatoms. The third kappa shape index (κ3) is 4.28. The fourth-order valence-electron chi connectivity index (χ4n) is 2.46. The molecule has 1 N–H and O–H groups in total. The minimum absolute atomic E-state index is 0.144. The van der Waals surface area contributed by atoms with Crippen molar-refractivity contribution < 1.29 is 9.53 Å². The van der Waals surface area contributed by atoms with E-state index >= 15 is 0 Å². The minimum Gasteiger partial charge on any atom is -0.468 e. The van der Waals surface area contributed by atoms with Crippen molar-refractivity contribution in [2.45, 2.75) is 58.2 Å². The first-order chi connectivity index (χ1) is 8.06. The molecular formula is C13H26N2O2. The van der Waals surface area contributed by atoms with Gasteiger partial charge in [0.2, 0.25) is 0 Å². The number of piperidine rings is 1. The van der Waals surface area contributed by atoms with Crippen LogP contribution in [-0.2, 0) is 9.53 Å². The Kier molecular flexibility index (Phi) is 5.92. The van der Waals surface area contributed by atoms with Crippen molar-refractivity contribution in [1.29, 1.82) is 0 Å². The van der Waals surface area contributed by atoms with E-state index in [0.717, 1.165) is 13.1 Å². The molecule has 1 aliphatic heterocycles. The number of hydrogen-bond donors (Lipinski definition) is 1. The van der Waals surface area contributed by atoms with Gasteiger partial charge in [-0.3, -0.25) is 9.69 Å². The SMILES string of the molecule is COC(=O)C(C)N(CC1CCCCN1)C(C)C. The predicted octanol–water partition coefficient (Wildman–Crippen LogP) is 1.40. The van der Waals surface area contributed by atoms with Gasteiger partial charge in [0.25, 0.3) is 0 Å². The minimum atomic E-state index is -0.163. The first-order valence-electron chi connectivity index (χ1n) is 6.63. The number of nitrogens with one attached hydrogen (secondary N) is 1. The zero-order valence-electron chi connectivity index (χ0n) is 11.5. The summed E-state index contributed by atoms with van der Waals surface area (Å²) in [6.07, 6.45) is 3.76. The molecule has 2 atom stereocenters. The molecule has 1 heterocycles. The lowest BCUT2D eigenvalue weighted by Crippen LogP contribution is -2.51. The molecule has 0 radical (unpaired) electrons. The Morgan fingerprint density at radius 2 is 2.12 bits per heavy atom. The Labute approximate surface area is 105 Å². The van der Waals surface area contributed by atoms with Crippen molar-refractivity contribution in [3.8, 4) is 0 Å². The summed E-state index contributed by atoms with van der Waals surface area (Å²) >= 11 is 0. The molecule has 17 heavy (non-hydrogen) atoms. The van der Waals surface area contributed by atoms with E-state index in [4.69, 9.17) is 4.74 Å². The van der Waals surface area contributed by atoms with Crippen LogP contribution in [0.4, 0.5) is 0 Å². The number of esters is 1. The number of nitrogens with zero attached hydrogens (tertiary/aromatic N) is 1.